The highest BCUT2D eigenvalue weighted by molar-refractivity contribution is 9.10. The molecule has 1 aromatic rings. The first-order valence-electron chi connectivity index (χ1n) is 5.91. The summed E-state index contributed by atoms with van der Waals surface area (Å²) in [5.41, 5.74) is 7.00. The minimum atomic E-state index is 0.182. The van der Waals surface area contributed by atoms with Gasteiger partial charge in [0.25, 0.3) is 0 Å². The van der Waals surface area contributed by atoms with Crippen LogP contribution in [0.2, 0.25) is 0 Å². The number of hydrogen-bond acceptors (Lipinski definition) is 2. The molecule has 2 N–H and O–H groups in total. The average Bonchev–Trinajstić information content (AvgIpc) is 2.26. The second kappa shape index (κ2) is 7.51. The van der Waals surface area contributed by atoms with Crippen LogP contribution in [-0.2, 0) is 6.42 Å². The van der Waals surface area contributed by atoms with Crippen molar-refractivity contribution in [2.45, 2.75) is 32.2 Å². The molecule has 0 aromatic heterocycles. The van der Waals surface area contributed by atoms with Gasteiger partial charge in [-0.3, -0.25) is 0 Å². The summed E-state index contributed by atoms with van der Waals surface area (Å²) in [4.78, 5) is 0. The van der Waals surface area contributed by atoms with E-state index in [-0.39, 0.29) is 6.04 Å². The van der Waals surface area contributed by atoms with Crippen molar-refractivity contribution in [3.05, 3.63) is 40.9 Å². The lowest BCUT2D eigenvalue weighted by molar-refractivity contribution is 0.310. The van der Waals surface area contributed by atoms with Gasteiger partial charge in [-0.15, -0.1) is 6.58 Å². The van der Waals surface area contributed by atoms with Crippen LogP contribution in [-0.4, -0.2) is 12.6 Å². The molecule has 3 heteroatoms. The molecule has 0 radical (unpaired) electrons. The Morgan fingerprint density at radius 1 is 1.53 bits per heavy atom. The number of nitrogens with two attached hydrogens (primary N) is 1. The van der Waals surface area contributed by atoms with E-state index < -0.39 is 0 Å². The standard InChI is InChI=1S/C14H20BrNO/c1-3-4-5-8-17-14-7-6-12(9-11(2)16)10-13(14)15/h3,6-7,10-11H,1,4-5,8-9,16H2,2H3. The van der Waals surface area contributed by atoms with Gasteiger partial charge in [0, 0.05) is 6.04 Å². The Balaban J connectivity index is 2.53. The number of benzene rings is 1. The van der Waals surface area contributed by atoms with E-state index in [9.17, 15) is 0 Å². The van der Waals surface area contributed by atoms with Crippen molar-refractivity contribution in [1.29, 1.82) is 0 Å². The summed E-state index contributed by atoms with van der Waals surface area (Å²) in [6.45, 7) is 6.41. The van der Waals surface area contributed by atoms with Gasteiger partial charge in [0.15, 0.2) is 0 Å². The molecule has 17 heavy (non-hydrogen) atoms. The molecule has 0 amide bonds. The largest absolute Gasteiger partial charge is 0.492 e. The maximum absolute atomic E-state index is 5.77. The molecule has 0 spiro atoms. The number of hydrogen-bond donors (Lipinski definition) is 1. The molecule has 1 rings (SSSR count). The third-order valence-electron chi connectivity index (χ3n) is 2.36. The fraction of sp³-hybridized carbons (Fsp3) is 0.429. The van der Waals surface area contributed by atoms with Crippen LogP contribution < -0.4 is 10.5 Å². The quantitative estimate of drug-likeness (QED) is 0.615. The Hall–Kier alpha value is -0.800. The SMILES string of the molecule is C=CCCCOc1ccc(CC(C)N)cc1Br. The van der Waals surface area contributed by atoms with E-state index in [0.717, 1.165) is 36.1 Å². The summed E-state index contributed by atoms with van der Waals surface area (Å²) in [5.74, 6) is 0.891. The van der Waals surface area contributed by atoms with Crippen LogP contribution in [0.5, 0.6) is 5.75 Å². The van der Waals surface area contributed by atoms with Gasteiger partial charge in [-0.1, -0.05) is 12.1 Å². The van der Waals surface area contributed by atoms with Crippen LogP contribution >= 0.6 is 15.9 Å². The molecular formula is C14H20BrNO. The first-order chi connectivity index (χ1) is 8.13. The maximum atomic E-state index is 5.77. The van der Waals surface area contributed by atoms with Crippen LogP contribution in [0.4, 0.5) is 0 Å². The fourth-order valence-electron chi connectivity index (χ4n) is 1.57. The molecule has 0 saturated carbocycles. The third kappa shape index (κ3) is 5.37. The number of halogens is 1. The average molecular weight is 298 g/mol. The van der Waals surface area contributed by atoms with Crippen LogP contribution in [0.25, 0.3) is 0 Å². The smallest absolute Gasteiger partial charge is 0.133 e. The van der Waals surface area contributed by atoms with E-state index in [1.54, 1.807) is 0 Å². The Morgan fingerprint density at radius 2 is 2.29 bits per heavy atom. The third-order valence-corrected chi connectivity index (χ3v) is 2.98. The van der Waals surface area contributed by atoms with E-state index >= 15 is 0 Å². The first kappa shape index (κ1) is 14.3. The molecule has 1 aromatic carbocycles. The summed E-state index contributed by atoms with van der Waals surface area (Å²) in [5, 5.41) is 0. The summed E-state index contributed by atoms with van der Waals surface area (Å²) < 4.78 is 6.67. The summed E-state index contributed by atoms with van der Waals surface area (Å²) in [6, 6.07) is 6.32. The highest BCUT2D eigenvalue weighted by Crippen LogP contribution is 2.26. The van der Waals surface area contributed by atoms with E-state index in [2.05, 4.69) is 34.6 Å². The van der Waals surface area contributed by atoms with Gasteiger partial charge in [0.05, 0.1) is 11.1 Å². The van der Waals surface area contributed by atoms with E-state index in [1.165, 1.54) is 5.56 Å². The van der Waals surface area contributed by atoms with Crippen LogP contribution in [0, 0.1) is 0 Å². The predicted octanol–water partition coefficient (Wildman–Crippen LogP) is 3.68. The molecule has 0 bridgehead atoms. The van der Waals surface area contributed by atoms with Crippen molar-refractivity contribution in [2.75, 3.05) is 6.61 Å². The Morgan fingerprint density at radius 3 is 2.88 bits per heavy atom. The second-order valence-electron chi connectivity index (χ2n) is 4.23. The van der Waals surface area contributed by atoms with Gasteiger partial charge in [-0.05, 0) is 59.8 Å². The number of unbranched alkanes of at least 4 members (excludes halogenated alkanes) is 1. The normalized spacial score (nSPS) is 12.2. The highest BCUT2D eigenvalue weighted by atomic mass is 79.9. The predicted molar refractivity (Wildman–Crippen MR) is 76.4 cm³/mol. The first-order valence-corrected chi connectivity index (χ1v) is 6.70. The monoisotopic (exact) mass is 297 g/mol. The van der Waals surface area contributed by atoms with Crippen molar-refractivity contribution in [2.24, 2.45) is 5.73 Å². The Kier molecular flexibility index (Phi) is 6.30. The van der Waals surface area contributed by atoms with Crippen LogP contribution in [0.15, 0.2) is 35.3 Å². The van der Waals surface area contributed by atoms with Crippen molar-refractivity contribution in [3.63, 3.8) is 0 Å². The summed E-state index contributed by atoms with van der Waals surface area (Å²) >= 11 is 3.52. The summed E-state index contributed by atoms with van der Waals surface area (Å²) in [7, 11) is 0. The second-order valence-corrected chi connectivity index (χ2v) is 5.08. The number of ether oxygens (including phenoxy) is 1. The molecule has 2 nitrogen and oxygen atoms in total. The summed E-state index contributed by atoms with van der Waals surface area (Å²) in [6.07, 6.45) is 4.78. The van der Waals surface area contributed by atoms with Crippen molar-refractivity contribution < 1.29 is 4.74 Å². The lowest BCUT2D eigenvalue weighted by atomic mass is 10.1. The van der Waals surface area contributed by atoms with Crippen molar-refractivity contribution in [1.82, 2.24) is 0 Å². The molecule has 1 unspecified atom stereocenters. The van der Waals surface area contributed by atoms with E-state index in [4.69, 9.17) is 10.5 Å². The van der Waals surface area contributed by atoms with Gasteiger partial charge in [-0.2, -0.15) is 0 Å². The molecule has 0 aliphatic rings. The molecule has 1 atom stereocenters. The lowest BCUT2D eigenvalue weighted by Gasteiger charge is -2.10. The molecule has 94 valence electrons. The maximum Gasteiger partial charge on any atom is 0.133 e. The van der Waals surface area contributed by atoms with Crippen molar-refractivity contribution >= 4 is 15.9 Å². The number of allylic oxidation sites excluding steroid dienone is 1. The number of rotatable bonds is 7. The van der Waals surface area contributed by atoms with Crippen molar-refractivity contribution in [3.8, 4) is 5.75 Å². The van der Waals surface area contributed by atoms with E-state index in [1.807, 2.05) is 19.1 Å². The Labute approximate surface area is 112 Å². The molecule has 0 fully saturated rings. The van der Waals surface area contributed by atoms with Gasteiger partial charge in [0.2, 0.25) is 0 Å². The zero-order valence-corrected chi connectivity index (χ0v) is 11.9. The van der Waals surface area contributed by atoms with Gasteiger partial charge in [0.1, 0.15) is 5.75 Å². The fourth-order valence-corrected chi connectivity index (χ4v) is 2.11. The topological polar surface area (TPSA) is 35.2 Å². The highest BCUT2D eigenvalue weighted by Gasteiger charge is 2.04. The van der Waals surface area contributed by atoms with Crippen LogP contribution in [0.3, 0.4) is 0 Å². The van der Waals surface area contributed by atoms with E-state index in [0.29, 0.717) is 0 Å². The van der Waals surface area contributed by atoms with Gasteiger partial charge in [-0.25, -0.2) is 0 Å². The molecular weight excluding hydrogens is 278 g/mol. The molecule has 0 aliphatic heterocycles. The van der Waals surface area contributed by atoms with Gasteiger partial charge < -0.3 is 10.5 Å². The molecule has 0 aliphatic carbocycles. The van der Waals surface area contributed by atoms with Gasteiger partial charge >= 0.3 is 0 Å². The Bertz CT molecular complexity index is 363. The minimum absolute atomic E-state index is 0.182. The molecule has 0 saturated heterocycles. The van der Waals surface area contributed by atoms with Crippen LogP contribution in [0.1, 0.15) is 25.3 Å². The zero-order chi connectivity index (χ0) is 12.7. The zero-order valence-electron chi connectivity index (χ0n) is 10.3. The lowest BCUT2D eigenvalue weighted by Crippen LogP contribution is -2.17. The molecule has 0 heterocycles. The minimum Gasteiger partial charge on any atom is -0.492 e.